The molecule has 0 aliphatic heterocycles. The zero-order valence-electron chi connectivity index (χ0n) is 14.1. The topological polar surface area (TPSA) is 75.7 Å². The Balaban J connectivity index is 2.24. The molecule has 0 saturated heterocycles. The minimum absolute atomic E-state index is 0.173. The molecule has 0 bridgehead atoms. The van der Waals surface area contributed by atoms with Gasteiger partial charge in [0.15, 0.2) is 0 Å². The quantitative estimate of drug-likeness (QED) is 0.782. The average Bonchev–Trinajstić information content (AvgIpc) is 2.62. The first-order valence-electron chi connectivity index (χ1n) is 7.54. The van der Waals surface area contributed by atoms with E-state index in [1.807, 2.05) is 0 Å². The maximum Gasteiger partial charge on any atom is 0.339 e. The Morgan fingerprint density at radius 2 is 1.77 bits per heavy atom. The van der Waals surface area contributed by atoms with Crippen LogP contribution in [0.5, 0.6) is 0 Å². The zero-order valence-corrected chi connectivity index (χ0v) is 15.6. The molecule has 2 aromatic carbocycles. The summed E-state index contributed by atoms with van der Waals surface area (Å²) < 4.78 is 4.69. The van der Waals surface area contributed by atoms with Gasteiger partial charge in [0.05, 0.1) is 34.1 Å². The van der Waals surface area contributed by atoms with Gasteiger partial charge in [0.25, 0.3) is 0 Å². The van der Waals surface area contributed by atoms with Crippen molar-refractivity contribution in [2.75, 3.05) is 23.9 Å². The normalized spacial score (nSPS) is 10.2. The van der Waals surface area contributed by atoms with Crippen molar-refractivity contribution < 1.29 is 19.1 Å². The van der Waals surface area contributed by atoms with E-state index in [1.165, 1.54) is 25.0 Å². The number of halogens is 2. The number of anilines is 2. The number of ether oxygens (including phenoxy) is 1. The summed E-state index contributed by atoms with van der Waals surface area (Å²) in [7, 11) is 1.25. The van der Waals surface area contributed by atoms with Gasteiger partial charge in [-0.3, -0.25) is 9.59 Å². The predicted octanol–water partition coefficient (Wildman–Crippen LogP) is 3.77. The van der Waals surface area contributed by atoms with Crippen molar-refractivity contribution in [1.29, 1.82) is 0 Å². The van der Waals surface area contributed by atoms with Crippen molar-refractivity contribution in [1.82, 2.24) is 0 Å². The number of methoxy groups -OCH3 is 1. The van der Waals surface area contributed by atoms with Crippen molar-refractivity contribution in [3.8, 4) is 0 Å². The molecule has 8 heteroatoms. The van der Waals surface area contributed by atoms with Crippen LogP contribution in [0, 0.1) is 0 Å². The molecule has 0 atom stereocenters. The van der Waals surface area contributed by atoms with Crippen LogP contribution in [0.1, 0.15) is 17.3 Å². The number of amides is 2. The first-order chi connectivity index (χ1) is 12.3. The number of carbonyl (C=O) groups excluding carboxylic acids is 3. The van der Waals surface area contributed by atoms with Gasteiger partial charge in [-0.05, 0) is 24.3 Å². The summed E-state index contributed by atoms with van der Waals surface area (Å²) in [6, 6.07) is 11.2. The van der Waals surface area contributed by atoms with Crippen LogP contribution in [0.3, 0.4) is 0 Å². The largest absolute Gasteiger partial charge is 0.465 e. The maximum atomic E-state index is 12.4. The molecule has 136 valence electrons. The number of nitrogens with one attached hydrogen (secondary N) is 1. The molecule has 0 fully saturated rings. The number of para-hydroxylation sites is 1. The van der Waals surface area contributed by atoms with E-state index >= 15 is 0 Å². The van der Waals surface area contributed by atoms with E-state index in [0.29, 0.717) is 5.69 Å². The molecule has 26 heavy (non-hydrogen) atoms. The highest BCUT2D eigenvalue weighted by atomic mass is 35.5. The van der Waals surface area contributed by atoms with Crippen molar-refractivity contribution in [2.45, 2.75) is 6.92 Å². The fourth-order valence-electron chi connectivity index (χ4n) is 2.28. The smallest absolute Gasteiger partial charge is 0.339 e. The van der Waals surface area contributed by atoms with Crippen molar-refractivity contribution in [3.63, 3.8) is 0 Å². The number of esters is 1. The number of hydrogen-bond acceptors (Lipinski definition) is 4. The van der Waals surface area contributed by atoms with E-state index in [-0.39, 0.29) is 33.7 Å². The molecule has 0 unspecified atom stereocenters. The minimum Gasteiger partial charge on any atom is -0.465 e. The zero-order chi connectivity index (χ0) is 19.3. The van der Waals surface area contributed by atoms with Gasteiger partial charge in [-0.25, -0.2) is 4.79 Å². The molecular weight excluding hydrogens is 379 g/mol. The fraction of sp³-hybridized carbons (Fsp3) is 0.167. The van der Waals surface area contributed by atoms with E-state index in [4.69, 9.17) is 23.2 Å². The Labute approximate surface area is 160 Å². The van der Waals surface area contributed by atoms with Gasteiger partial charge in [-0.2, -0.15) is 0 Å². The highest BCUT2D eigenvalue weighted by Crippen LogP contribution is 2.32. The van der Waals surface area contributed by atoms with Gasteiger partial charge < -0.3 is 15.0 Å². The van der Waals surface area contributed by atoms with E-state index in [0.717, 1.165) is 0 Å². The van der Waals surface area contributed by atoms with Gasteiger partial charge in [-0.15, -0.1) is 0 Å². The van der Waals surface area contributed by atoms with Crippen LogP contribution in [-0.2, 0) is 14.3 Å². The van der Waals surface area contributed by atoms with Gasteiger partial charge >= 0.3 is 5.97 Å². The molecule has 0 aliphatic rings. The SMILES string of the molecule is COC(=O)c1ccccc1NC(=O)CN(C(C)=O)c1cccc(Cl)c1Cl. The number of carbonyl (C=O) groups is 3. The molecular formula is C18H16Cl2N2O4. The summed E-state index contributed by atoms with van der Waals surface area (Å²) in [6.45, 7) is 1.01. The third kappa shape index (κ3) is 4.53. The van der Waals surface area contributed by atoms with Crippen molar-refractivity contribution in [3.05, 3.63) is 58.1 Å². The highest BCUT2D eigenvalue weighted by Gasteiger charge is 2.21. The number of benzene rings is 2. The Bertz CT molecular complexity index is 855. The number of rotatable bonds is 5. The molecule has 0 heterocycles. The summed E-state index contributed by atoms with van der Waals surface area (Å²) in [5.41, 5.74) is 0.812. The molecule has 2 aromatic rings. The second-order valence-electron chi connectivity index (χ2n) is 5.26. The van der Waals surface area contributed by atoms with Crippen molar-refractivity contribution >= 4 is 52.4 Å². The van der Waals surface area contributed by atoms with Gasteiger partial charge in [0, 0.05) is 6.92 Å². The Morgan fingerprint density at radius 3 is 2.42 bits per heavy atom. The summed E-state index contributed by atoms with van der Waals surface area (Å²) in [5.74, 6) is -1.47. The lowest BCUT2D eigenvalue weighted by atomic mass is 10.2. The molecule has 6 nitrogen and oxygen atoms in total. The van der Waals surface area contributed by atoms with Crippen molar-refractivity contribution in [2.24, 2.45) is 0 Å². The van der Waals surface area contributed by atoms with E-state index in [2.05, 4.69) is 10.1 Å². The van der Waals surface area contributed by atoms with Gasteiger partial charge in [0.2, 0.25) is 11.8 Å². The summed E-state index contributed by atoms with van der Waals surface area (Å²) in [5, 5.41) is 3.05. The number of hydrogen-bond donors (Lipinski definition) is 1. The Morgan fingerprint density at radius 1 is 1.08 bits per heavy atom. The third-order valence-corrected chi connectivity index (χ3v) is 4.32. The fourth-order valence-corrected chi connectivity index (χ4v) is 2.68. The lowest BCUT2D eigenvalue weighted by Crippen LogP contribution is -2.37. The van der Waals surface area contributed by atoms with Crippen LogP contribution in [0.4, 0.5) is 11.4 Å². The van der Waals surface area contributed by atoms with E-state index in [1.54, 1.807) is 36.4 Å². The standard InChI is InChI=1S/C18H16Cl2N2O4/c1-11(23)22(15-9-5-7-13(19)17(15)20)10-16(24)21-14-8-4-3-6-12(14)18(25)26-2/h3-9H,10H2,1-2H3,(H,21,24). The average molecular weight is 395 g/mol. The van der Waals surface area contributed by atoms with E-state index in [9.17, 15) is 14.4 Å². The highest BCUT2D eigenvalue weighted by molar-refractivity contribution is 6.44. The van der Waals surface area contributed by atoms with E-state index < -0.39 is 11.9 Å². The molecule has 1 N–H and O–H groups in total. The first-order valence-corrected chi connectivity index (χ1v) is 8.30. The summed E-state index contributed by atoms with van der Waals surface area (Å²) in [6.07, 6.45) is 0. The van der Waals surface area contributed by atoms with Crippen LogP contribution >= 0.6 is 23.2 Å². The lowest BCUT2D eigenvalue weighted by Gasteiger charge is -2.22. The van der Waals surface area contributed by atoms with Crippen LogP contribution in [-0.4, -0.2) is 31.4 Å². The molecule has 2 rings (SSSR count). The minimum atomic E-state index is -0.581. The van der Waals surface area contributed by atoms with Gasteiger partial charge in [0.1, 0.15) is 6.54 Å². The lowest BCUT2D eigenvalue weighted by molar-refractivity contribution is -0.120. The van der Waals surface area contributed by atoms with Crippen LogP contribution < -0.4 is 10.2 Å². The predicted molar refractivity (Wildman–Crippen MR) is 101 cm³/mol. The summed E-state index contributed by atoms with van der Waals surface area (Å²) in [4.78, 5) is 37.4. The Kier molecular flexibility index (Phi) is 6.60. The van der Waals surface area contributed by atoms with Gasteiger partial charge in [-0.1, -0.05) is 41.4 Å². The molecule has 0 aliphatic carbocycles. The van der Waals surface area contributed by atoms with Crippen LogP contribution in [0.25, 0.3) is 0 Å². The summed E-state index contributed by atoms with van der Waals surface area (Å²) >= 11 is 12.1. The Hall–Kier alpha value is -2.57. The third-order valence-electron chi connectivity index (χ3n) is 3.51. The van der Waals surface area contributed by atoms with Crippen LogP contribution in [0.2, 0.25) is 10.0 Å². The molecule has 0 saturated carbocycles. The molecule has 0 aromatic heterocycles. The number of nitrogens with zero attached hydrogens (tertiary/aromatic N) is 1. The molecule has 0 spiro atoms. The molecule has 0 radical (unpaired) electrons. The maximum absolute atomic E-state index is 12.4. The monoisotopic (exact) mass is 394 g/mol. The second-order valence-corrected chi connectivity index (χ2v) is 6.05. The first kappa shape index (κ1) is 19.8. The molecule has 2 amide bonds. The van der Waals surface area contributed by atoms with Crippen LogP contribution in [0.15, 0.2) is 42.5 Å². The second kappa shape index (κ2) is 8.69.